The van der Waals surface area contributed by atoms with E-state index in [2.05, 4.69) is 50.2 Å². The topological polar surface area (TPSA) is 18.5 Å². The van der Waals surface area contributed by atoms with E-state index in [1.807, 2.05) is 48.5 Å². The highest BCUT2D eigenvalue weighted by Gasteiger charge is 2.19. The standard InChI is InChI=1S/C24H26O2/c1-24(2,26-19-22-11-7-4-8-12-22)17-20-13-15-23(16-14-20)25-18-21-9-5-3-6-10-21/h3-16H,17-19H2,1-2H3. The maximum Gasteiger partial charge on any atom is 0.119 e. The summed E-state index contributed by atoms with van der Waals surface area (Å²) in [5.41, 5.74) is 3.40. The van der Waals surface area contributed by atoms with Crippen LogP contribution in [0.1, 0.15) is 30.5 Å². The number of ether oxygens (including phenoxy) is 2. The Morgan fingerprint density at radius 3 is 1.73 bits per heavy atom. The molecule has 0 N–H and O–H groups in total. The highest BCUT2D eigenvalue weighted by molar-refractivity contribution is 5.28. The van der Waals surface area contributed by atoms with Crippen LogP contribution < -0.4 is 4.74 Å². The van der Waals surface area contributed by atoms with Crippen molar-refractivity contribution in [3.63, 3.8) is 0 Å². The van der Waals surface area contributed by atoms with Crippen molar-refractivity contribution in [2.45, 2.75) is 39.1 Å². The van der Waals surface area contributed by atoms with Gasteiger partial charge in [0.15, 0.2) is 0 Å². The Morgan fingerprint density at radius 1 is 0.615 bits per heavy atom. The molecule has 0 aliphatic carbocycles. The fourth-order valence-electron chi connectivity index (χ4n) is 2.84. The van der Waals surface area contributed by atoms with E-state index in [4.69, 9.17) is 9.47 Å². The number of rotatable bonds is 8. The third-order valence-corrected chi connectivity index (χ3v) is 4.27. The van der Waals surface area contributed by atoms with Gasteiger partial charge in [-0.05, 0) is 42.7 Å². The molecule has 2 nitrogen and oxygen atoms in total. The summed E-state index contributed by atoms with van der Waals surface area (Å²) in [4.78, 5) is 0. The van der Waals surface area contributed by atoms with Gasteiger partial charge >= 0.3 is 0 Å². The van der Waals surface area contributed by atoms with Crippen molar-refractivity contribution in [3.05, 3.63) is 102 Å². The molecule has 0 aliphatic heterocycles. The van der Waals surface area contributed by atoms with E-state index in [-0.39, 0.29) is 5.60 Å². The molecule has 26 heavy (non-hydrogen) atoms. The molecular weight excluding hydrogens is 320 g/mol. The molecule has 0 bridgehead atoms. The molecule has 3 rings (SSSR count). The van der Waals surface area contributed by atoms with Crippen LogP contribution >= 0.6 is 0 Å². The zero-order valence-corrected chi connectivity index (χ0v) is 15.5. The summed E-state index contributed by atoms with van der Waals surface area (Å²) in [7, 11) is 0. The molecule has 0 unspecified atom stereocenters. The molecule has 0 aliphatic rings. The minimum absolute atomic E-state index is 0.220. The molecule has 0 fully saturated rings. The molecule has 0 spiro atoms. The van der Waals surface area contributed by atoms with E-state index >= 15 is 0 Å². The van der Waals surface area contributed by atoms with Crippen molar-refractivity contribution in [3.8, 4) is 5.75 Å². The van der Waals surface area contributed by atoms with Crippen molar-refractivity contribution in [2.75, 3.05) is 0 Å². The third kappa shape index (κ3) is 5.75. The van der Waals surface area contributed by atoms with Crippen LogP contribution in [0.5, 0.6) is 5.75 Å². The van der Waals surface area contributed by atoms with E-state index < -0.39 is 0 Å². The molecule has 0 radical (unpaired) electrons. The van der Waals surface area contributed by atoms with Crippen molar-refractivity contribution >= 4 is 0 Å². The third-order valence-electron chi connectivity index (χ3n) is 4.27. The second-order valence-corrected chi connectivity index (χ2v) is 7.13. The van der Waals surface area contributed by atoms with Gasteiger partial charge in [-0.2, -0.15) is 0 Å². The summed E-state index contributed by atoms with van der Waals surface area (Å²) < 4.78 is 12.0. The fraction of sp³-hybridized carbons (Fsp3) is 0.250. The minimum atomic E-state index is -0.220. The molecule has 0 atom stereocenters. The smallest absolute Gasteiger partial charge is 0.119 e. The van der Waals surface area contributed by atoms with E-state index in [0.717, 1.165) is 12.2 Å². The second-order valence-electron chi connectivity index (χ2n) is 7.13. The Bertz CT molecular complexity index is 777. The van der Waals surface area contributed by atoms with Gasteiger partial charge in [-0.3, -0.25) is 0 Å². The van der Waals surface area contributed by atoms with Crippen molar-refractivity contribution < 1.29 is 9.47 Å². The van der Waals surface area contributed by atoms with Crippen LogP contribution in [-0.4, -0.2) is 5.60 Å². The Balaban J connectivity index is 1.51. The largest absolute Gasteiger partial charge is 0.489 e. The van der Waals surface area contributed by atoms with Crippen LogP contribution in [0.25, 0.3) is 0 Å². The van der Waals surface area contributed by atoms with Gasteiger partial charge in [-0.1, -0.05) is 72.8 Å². The van der Waals surface area contributed by atoms with Crippen molar-refractivity contribution in [1.29, 1.82) is 0 Å². The first-order chi connectivity index (χ1) is 12.6. The van der Waals surface area contributed by atoms with E-state index in [1.54, 1.807) is 0 Å². The first-order valence-corrected chi connectivity index (χ1v) is 9.04. The van der Waals surface area contributed by atoms with Crippen LogP contribution in [0, 0.1) is 0 Å². The lowest BCUT2D eigenvalue weighted by Crippen LogP contribution is -2.27. The lowest BCUT2D eigenvalue weighted by atomic mass is 9.98. The van der Waals surface area contributed by atoms with Crippen molar-refractivity contribution in [1.82, 2.24) is 0 Å². The minimum Gasteiger partial charge on any atom is -0.489 e. The quantitative estimate of drug-likeness (QED) is 0.513. The highest BCUT2D eigenvalue weighted by atomic mass is 16.5. The van der Waals surface area contributed by atoms with Gasteiger partial charge in [0.2, 0.25) is 0 Å². The first kappa shape index (κ1) is 18.2. The highest BCUT2D eigenvalue weighted by Crippen LogP contribution is 2.21. The van der Waals surface area contributed by atoms with Gasteiger partial charge in [0.05, 0.1) is 12.2 Å². The predicted octanol–water partition coefficient (Wildman–Crippen LogP) is 5.80. The molecule has 3 aromatic carbocycles. The Morgan fingerprint density at radius 2 is 1.15 bits per heavy atom. The number of benzene rings is 3. The van der Waals surface area contributed by atoms with Gasteiger partial charge in [-0.15, -0.1) is 0 Å². The lowest BCUT2D eigenvalue weighted by Gasteiger charge is -2.25. The molecule has 134 valence electrons. The summed E-state index contributed by atoms with van der Waals surface area (Å²) >= 11 is 0. The SMILES string of the molecule is CC(C)(Cc1ccc(OCc2ccccc2)cc1)OCc1ccccc1. The van der Waals surface area contributed by atoms with Crippen LogP contribution in [0.15, 0.2) is 84.9 Å². The Labute approximate surface area is 156 Å². The molecule has 0 heterocycles. The summed E-state index contributed by atoms with van der Waals surface area (Å²) in [6, 6.07) is 28.8. The van der Waals surface area contributed by atoms with Crippen LogP contribution in [0.3, 0.4) is 0 Å². The molecule has 3 aromatic rings. The predicted molar refractivity (Wildman–Crippen MR) is 106 cm³/mol. The van der Waals surface area contributed by atoms with Crippen molar-refractivity contribution in [2.24, 2.45) is 0 Å². The van der Waals surface area contributed by atoms with E-state index in [1.165, 1.54) is 16.7 Å². The molecule has 0 saturated carbocycles. The first-order valence-electron chi connectivity index (χ1n) is 9.04. The zero-order chi connectivity index (χ0) is 18.2. The summed E-state index contributed by atoms with van der Waals surface area (Å²) in [6.07, 6.45) is 0.860. The normalized spacial score (nSPS) is 11.3. The van der Waals surface area contributed by atoms with Crippen LogP contribution in [0.2, 0.25) is 0 Å². The average Bonchev–Trinajstić information content (AvgIpc) is 2.67. The van der Waals surface area contributed by atoms with Crippen LogP contribution in [-0.2, 0) is 24.4 Å². The second kappa shape index (κ2) is 8.68. The molecule has 2 heteroatoms. The molecule has 0 saturated heterocycles. The molecular formula is C24H26O2. The van der Waals surface area contributed by atoms with Gasteiger partial charge in [0.1, 0.15) is 12.4 Å². The Kier molecular flexibility index (Phi) is 6.08. The maximum absolute atomic E-state index is 6.12. The number of hydrogen-bond acceptors (Lipinski definition) is 2. The molecule has 0 amide bonds. The summed E-state index contributed by atoms with van der Waals surface area (Å²) in [5.74, 6) is 0.889. The van der Waals surface area contributed by atoms with Gasteiger partial charge in [-0.25, -0.2) is 0 Å². The average molecular weight is 346 g/mol. The summed E-state index contributed by atoms with van der Waals surface area (Å²) in [5, 5.41) is 0. The van der Waals surface area contributed by atoms with Crippen LogP contribution in [0.4, 0.5) is 0 Å². The van der Waals surface area contributed by atoms with E-state index in [0.29, 0.717) is 13.2 Å². The lowest BCUT2D eigenvalue weighted by molar-refractivity contribution is -0.0287. The van der Waals surface area contributed by atoms with E-state index in [9.17, 15) is 0 Å². The number of hydrogen-bond donors (Lipinski definition) is 0. The fourth-order valence-corrected chi connectivity index (χ4v) is 2.84. The van der Waals surface area contributed by atoms with Gasteiger partial charge in [0.25, 0.3) is 0 Å². The zero-order valence-electron chi connectivity index (χ0n) is 15.5. The van der Waals surface area contributed by atoms with Gasteiger partial charge < -0.3 is 9.47 Å². The molecule has 0 aromatic heterocycles. The summed E-state index contributed by atoms with van der Waals surface area (Å²) in [6.45, 7) is 5.49. The maximum atomic E-state index is 6.12. The van der Waals surface area contributed by atoms with Gasteiger partial charge in [0, 0.05) is 6.42 Å². The monoisotopic (exact) mass is 346 g/mol. The Hall–Kier alpha value is -2.58.